The normalized spacial score (nSPS) is 25.8. The van der Waals surface area contributed by atoms with Crippen LogP contribution in [0.15, 0.2) is 18.2 Å². The van der Waals surface area contributed by atoms with Crippen molar-refractivity contribution in [3.63, 3.8) is 0 Å². The molecular weight excluding hydrogens is 634 g/mol. The van der Waals surface area contributed by atoms with Crippen molar-refractivity contribution in [2.75, 3.05) is 38.5 Å². The molecule has 3 aliphatic rings. The van der Waals surface area contributed by atoms with Crippen molar-refractivity contribution in [1.29, 1.82) is 0 Å². The molecule has 2 aromatic carbocycles. The number of hydrogen-bond acceptors (Lipinski definition) is 9. The zero-order chi connectivity index (χ0) is 31.0. The lowest BCUT2D eigenvalue weighted by atomic mass is 9.95. The second kappa shape index (κ2) is 10.7. The Kier molecular flexibility index (Phi) is 7.22. The maximum Gasteiger partial charge on any atom is 0.417 e. The molecule has 8 nitrogen and oxygen atoms in total. The first-order valence-electron chi connectivity index (χ1n) is 13.9. The highest BCUT2D eigenvalue weighted by molar-refractivity contribution is 7.22. The zero-order valence-electron chi connectivity index (χ0n) is 22.9. The lowest BCUT2D eigenvalue weighted by molar-refractivity contribution is -0.137. The summed E-state index contributed by atoms with van der Waals surface area (Å²) in [6.45, 7) is 1.11. The number of thiazole rings is 1. The average Bonchev–Trinajstić information content (AvgIpc) is 3.72. The fourth-order valence-corrected chi connectivity index (χ4v) is 7.66. The third-order valence-corrected chi connectivity index (χ3v) is 9.81. The van der Waals surface area contributed by atoms with E-state index in [9.17, 15) is 26.3 Å². The van der Waals surface area contributed by atoms with E-state index < -0.39 is 52.1 Å². The van der Waals surface area contributed by atoms with Gasteiger partial charge < -0.3 is 20.5 Å². The average molecular weight is 659 g/mol. The molecule has 3 fully saturated rings. The van der Waals surface area contributed by atoms with Crippen molar-refractivity contribution < 1.29 is 35.8 Å². The van der Waals surface area contributed by atoms with Gasteiger partial charge in [-0.25, -0.2) is 18.2 Å². The lowest BCUT2D eigenvalue weighted by Gasteiger charge is -2.30. The predicted octanol–water partition coefficient (Wildman–Crippen LogP) is 5.94. The maximum atomic E-state index is 14.7. The lowest BCUT2D eigenvalue weighted by Crippen LogP contribution is -2.43. The minimum atomic E-state index is -4.95. The maximum absolute atomic E-state index is 14.7. The summed E-state index contributed by atoms with van der Waals surface area (Å²) in [6, 6.07) is 2.67. The van der Waals surface area contributed by atoms with Crippen LogP contribution in [0.1, 0.15) is 24.8 Å². The number of aromatic nitrogens is 3. The number of alkyl halides is 5. The van der Waals surface area contributed by atoms with Crippen LogP contribution in [-0.4, -0.2) is 76.6 Å². The van der Waals surface area contributed by atoms with Crippen LogP contribution in [0.3, 0.4) is 0 Å². The van der Waals surface area contributed by atoms with Gasteiger partial charge in [0.1, 0.15) is 30.2 Å². The summed E-state index contributed by atoms with van der Waals surface area (Å²) in [6.07, 6.45) is -6.65. The molecular formula is C28H25ClF6N6O2S. The third-order valence-electron chi connectivity index (χ3n) is 8.54. The first kappa shape index (κ1) is 29.6. The van der Waals surface area contributed by atoms with Gasteiger partial charge in [0.05, 0.1) is 31.7 Å². The predicted molar refractivity (Wildman–Crippen MR) is 153 cm³/mol. The van der Waals surface area contributed by atoms with E-state index in [0.717, 1.165) is 36.0 Å². The summed E-state index contributed by atoms with van der Waals surface area (Å²) in [7, 11) is 0. The molecule has 0 radical (unpaired) electrons. The number of rotatable bonds is 6. The standard InChI is InChI=1S/C28H25ClF6N6O2S/c29-20-19(13-2-3-16(31)23-22(13)38-25(36)44-23)15(28(33,34)35)6-14-21(20)39-26(40-24(14)43-18-9-37-8-17(18)32)42-11-27-4-1-5-41(27)10-12(30)7-27/h2-3,6,12,17-18,37H,1,4-5,7-11H2,(H2,36,38)/t12-,17+,18+,27?/m1/s1. The highest BCUT2D eigenvalue weighted by Crippen LogP contribution is 2.48. The Labute approximate surface area is 255 Å². The number of ether oxygens (including phenoxy) is 2. The Bertz CT molecular complexity index is 1770. The summed E-state index contributed by atoms with van der Waals surface area (Å²) >= 11 is 7.55. The van der Waals surface area contributed by atoms with Crippen LogP contribution in [0.4, 0.5) is 31.5 Å². The summed E-state index contributed by atoms with van der Waals surface area (Å²) in [5, 5.41) is 2.12. The smallest absolute Gasteiger partial charge is 0.417 e. The van der Waals surface area contributed by atoms with E-state index in [1.54, 1.807) is 0 Å². The summed E-state index contributed by atoms with van der Waals surface area (Å²) in [5.74, 6) is -1.05. The van der Waals surface area contributed by atoms with Crippen LogP contribution in [0.5, 0.6) is 11.9 Å². The quantitative estimate of drug-likeness (QED) is 0.246. The Morgan fingerprint density at radius 1 is 1.16 bits per heavy atom. The van der Waals surface area contributed by atoms with Gasteiger partial charge >= 0.3 is 12.2 Å². The fraction of sp³-hybridized carbons (Fsp3) is 0.464. The Morgan fingerprint density at radius 2 is 1.98 bits per heavy atom. The van der Waals surface area contributed by atoms with Crippen LogP contribution in [0, 0.1) is 5.82 Å². The summed E-state index contributed by atoms with van der Waals surface area (Å²) < 4.78 is 99.3. The monoisotopic (exact) mass is 658 g/mol. The molecule has 0 aliphatic carbocycles. The van der Waals surface area contributed by atoms with Crippen molar-refractivity contribution in [2.24, 2.45) is 0 Å². The number of nitrogens with zero attached hydrogens (tertiary/aromatic N) is 4. The molecule has 3 N–H and O–H groups in total. The van der Waals surface area contributed by atoms with Crippen LogP contribution in [0.25, 0.3) is 32.2 Å². The molecule has 3 saturated heterocycles. The molecule has 234 valence electrons. The molecule has 16 heteroatoms. The minimum absolute atomic E-state index is 0.00413. The highest BCUT2D eigenvalue weighted by Gasteiger charge is 2.49. The molecule has 5 heterocycles. The first-order valence-corrected chi connectivity index (χ1v) is 15.1. The van der Waals surface area contributed by atoms with E-state index in [1.807, 2.05) is 4.90 Å². The number of benzene rings is 2. The third kappa shape index (κ3) is 4.97. The van der Waals surface area contributed by atoms with Gasteiger partial charge in [-0.15, -0.1) is 0 Å². The molecule has 3 aliphatic heterocycles. The molecule has 4 aromatic rings. The Balaban J connectivity index is 1.41. The van der Waals surface area contributed by atoms with E-state index in [-0.39, 0.29) is 76.4 Å². The van der Waals surface area contributed by atoms with Gasteiger partial charge in [0.2, 0.25) is 5.88 Å². The number of anilines is 1. The van der Waals surface area contributed by atoms with Crippen LogP contribution < -0.4 is 20.5 Å². The molecule has 0 saturated carbocycles. The zero-order valence-corrected chi connectivity index (χ0v) is 24.4. The SMILES string of the molecule is Nc1nc2c(-c3c(C(F)(F)F)cc4c(O[C@H]5CNC[C@@H]5F)nc(OCC56CCCN5C[C@H](F)C6)nc4c3Cl)ccc(F)c2s1. The highest BCUT2D eigenvalue weighted by atomic mass is 35.5. The van der Waals surface area contributed by atoms with Crippen molar-refractivity contribution in [3.8, 4) is 23.0 Å². The van der Waals surface area contributed by atoms with Gasteiger partial charge in [0.25, 0.3) is 0 Å². The first-order chi connectivity index (χ1) is 20.9. The molecule has 2 aromatic heterocycles. The van der Waals surface area contributed by atoms with E-state index in [1.165, 1.54) is 0 Å². The number of nitrogen functional groups attached to an aromatic ring is 1. The van der Waals surface area contributed by atoms with Gasteiger partial charge in [-0.2, -0.15) is 23.1 Å². The van der Waals surface area contributed by atoms with E-state index in [0.29, 0.717) is 13.0 Å². The largest absolute Gasteiger partial charge is 0.469 e. The molecule has 7 rings (SSSR count). The molecule has 0 spiro atoms. The molecule has 0 bridgehead atoms. The number of nitrogens with two attached hydrogens (primary N) is 1. The molecule has 44 heavy (non-hydrogen) atoms. The van der Waals surface area contributed by atoms with Gasteiger partial charge in [-0.3, -0.25) is 4.90 Å². The van der Waals surface area contributed by atoms with Gasteiger partial charge in [-0.1, -0.05) is 22.9 Å². The van der Waals surface area contributed by atoms with Crippen molar-refractivity contribution in [1.82, 2.24) is 25.2 Å². The second-order valence-electron chi connectivity index (χ2n) is 11.3. The van der Waals surface area contributed by atoms with E-state index in [4.69, 9.17) is 26.8 Å². The molecule has 4 atom stereocenters. The Hall–Kier alpha value is -3.14. The molecule has 0 amide bonds. The molecule has 1 unspecified atom stereocenters. The number of nitrogens with one attached hydrogen (secondary N) is 1. The van der Waals surface area contributed by atoms with E-state index in [2.05, 4.69) is 20.3 Å². The Morgan fingerprint density at radius 3 is 2.73 bits per heavy atom. The van der Waals surface area contributed by atoms with Crippen molar-refractivity contribution in [2.45, 2.75) is 49.4 Å². The summed E-state index contributed by atoms with van der Waals surface area (Å²) in [4.78, 5) is 14.7. The van der Waals surface area contributed by atoms with Crippen LogP contribution in [0.2, 0.25) is 5.02 Å². The number of hydrogen-bond donors (Lipinski definition) is 2. The minimum Gasteiger partial charge on any atom is -0.469 e. The second-order valence-corrected chi connectivity index (χ2v) is 12.7. The number of halogens is 7. The number of fused-ring (bicyclic) bond motifs is 3. The topological polar surface area (TPSA) is 98.4 Å². The van der Waals surface area contributed by atoms with Crippen LogP contribution in [-0.2, 0) is 6.18 Å². The summed E-state index contributed by atoms with van der Waals surface area (Å²) in [5.41, 5.74) is 3.17. The van der Waals surface area contributed by atoms with Gasteiger partial charge in [-0.05, 0) is 37.6 Å². The van der Waals surface area contributed by atoms with Crippen LogP contribution >= 0.6 is 22.9 Å². The van der Waals surface area contributed by atoms with Gasteiger partial charge in [0.15, 0.2) is 11.3 Å². The van der Waals surface area contributed by atoms with E-state index >= 15 is 0 Å². The van der Waals surface area contributed by atoms with Crippen molar-refractivity contribution in [3.05, 3.63) is 34.6 Å². The van der Waals surface area contributed by atoms with Gasteiger partial charge in [0, 0.05) is 37.2 Å². The fourth-order valence-electron chi connectivity index (χ4n) is 6.54. The van der Waals surface area contributed by atoms with Crippen molar-refractivity contribution >= 4 is 49.2 Å².